The Bertz CT molecular complexity index is 53.8. The fourth-order valence-electron chi connectivity index (χ4n) is 0.258. The van der Waals surface area contributed by atoms with Gasteiger partial charge in [-0.3, -0.25) is 0 Å². The smallest absolute Gasteiger partial charge is 0.401 e. The fourth-order valence-corrected chi connectivity index (χ4v) is 0.258. The van der Waals surface area contributed by atoms with Gasteiger partial charge in [-0.05, 0) is 6.42 Å². The standard InChI is InChI=1S/C3H10BNO3/c1-2-3-7-4(6)8-5/h6H,2-3,5H2,1H3. The van der Waals surface area contributed by atoms with Crippen LogP contribution in [-0.2, 0) is 9.41 Å². The topological polar surface area (TPSA) is 64.7 Å². The Morgan fingerprint density at radius 3 is 2.75 bits per heavy atom. The van der Waals surface area contributed by atoms with E-state index in [0.29, 0.717) is 6.61 Å². The normalized spacial score (nSPS) is 9.38. The molecule has 0 heterocycles. The summed E-state index contributed by atoms with van der Waals surface area (Å²) in [5.74, 6) is 4.54. The minimum Gasteiger partial charge on any atom is -0.401 e. The maximum Gasteiger partial charge on any atom is 0.654 e. The zero-order valence-corrected chi connectivity index (χ0v) is 4.83. The third-order valence-corrected chi connectivity index (χ3v) is 0.581. The van der Waals surface area contributed by atoms with Crippen molar-refractivity contribution < 1.29 is 14.4 Å². The third-order valence-electron chi connectivity index (χ3n) is 0.581. The van der Waals surface area contributed by atoms with Crippen molar-refractivity contribution >= 4 is 7.32 Å². The van der Waals surface area contributed by atoms with Crippen LogP contribution in [0.1, 0.15) is 13.3 Å². The minimum absolute atomic E-state index is 0.457. The molecular weight excluding hydrogens is 109 g/mol. The van der Waals surface area contributed by atoms with Crippen molar-refractivity contribution in [1.82, 2.24) is 0 Å². The van der Waals surface area contributed by atoms with Gasteiger partial charge in [-0.15, -0.1) is 0 Å². The molecule has 0 aromatic heterocycles. The zero-order chi connectivity index (χ0) is 6.41. The van der Waals surface area contributed by atoms with Gasteiger partial charge in [0.2, 0.25) is 0 Å². The van der Waals surface area contributed by atoms with Gasteiger partial charge < -0.3 is 14.4 Å². The van der Waals surface area contributed by atoms with Crippen molar-refractivity contribution in [3.63, 3.8) is 0 Å². The van der Waals surface area contributed by atoms with E-state index < -0.39 is 7.32 Å². The average molecular weight is 119 g/mol. The van der Waals surface area contributed by atoms with Gasteiger partial charge in [0.1, 0.15) is 0 Å². The van der Waals surface area contributed by atoms with Gasteiger partial charge in [-0.25, -0.2) is 5.90 Å². The molecular formula is C3H10BNO3. The quantitative estimate of drug-likeness (QED) is 0.378. The molecule has 0 atom stereocenters. The van der Waals surface area contributed by atoms with Crippen molar-refractivity contribution in [2.24, 2.45) is 5.90 Å². The molecule has 0 saturated carbocycles. The first kappa shape index (κ1) is 7.90. The monoisotopic (exact) mass is 119 g/mol. The van der Waals surface area contributed by atoms with Crippen molar-refractivity contribution in [2.75, 3.05) is 6.61 Å². The van der Waals surface area contributed by atoms with Crippen LogP contribution in [0.3, 0.4) is 0 Å². The predicted octanol–water partition coefficient (Wildman–Crippen LogP) is -0.720. The summed E-state index contributed by atoms with van der Waals surface area (Å²) in [4.78, 5) is 0. The number of hydrogen-bond donors (Lipinski definition) is 2. The van der Waals surface area contributed by atoms with Gasteiger partial charge in [-0.2, -0.15) is 0 Å². The maximum absolute atomic E-state index is 8.42. The Kier molecular flexibility index (Phi) is 4.99. The van der Waals surface area contributed by atoms with Crippen LogP contribution in [0.2, 0.25) is 0 Å². The lowest BCUT2D eigenvalue weighted by Gasteiger charge is -2.00. The molecule has 5 heteroatoms. The van der Waals surface area contributed by atoms with E-state index in [0.717, 1.165) is 6.42 Å². The van der Waals surface area contributed by atoms with Crippen LogP contribution in [0.25, 0.3) is 0 Å². The van der Waals surface area contributed by atoms with Gasteiger partial charge in [0.05, 0.1) is 0 Å². The summed E-state index contributed by atoms with van der Waals surface area (Å²) in [5.41, 5.74) is 0. The molecule has 0 aliphatic rings. The first-order valence-corrected chi connectivity index (χ1v) is 2.46. The van der Waals surface area contributed by atoms with Gasteiger partial charge in [0.25, 0.3) is 0 Å². The van der Waals surface area contributed by atoms with Crippen LogP contribution in [0.4, 0.5) is 0 Å². The molecule has 0 fully saturated rings. The highest BCUT2D eigenvalue weighted by atomic mass is 16.7. The van der Waals surface area contributed by atoms with Crippen LogP contribution in [0, 0.1) is 0 Å². The molecule has 0 rings (SSSR count). The van der Waals surface area contributed by atoms with Crippen LogP contribution >= 0.6 is 0 Å². The number of hydrogen-bond acceptors (Lipinski definition) is 4. The Morgan fingerprint density at radius 1 is 1.75 bits per heavy atom. The summed E-state index contributed by atoms with van der Waals surface area (Å²) in [5, 5.41) is 8.42. The molecule has 0 aromatic rings. The predicted molar refractivity (Wildman–Crippen MR) is 29.5 cm³/mol. The van der Waals surface area contributed by atoms with E-state index in [-0.39, 0.29) is 0 Å². The Morgan fingerprint density at radius 2 is 2.38 bits per heavy atom. The Hall–Kier alpha value is -0.0951. The Labute approximate surface area is 48.7 Å². The molecule has 0 spiro atoms. The molecule has 0 bridgehead atoms. The highest BCUT2D eigenvalue weighted by Crippen LogP contribution is 1.81. The molecule has 8 heavy (non-hydrogen) atoms. The zero-order valence-electron chi connectivity index (χ0n) is 4.83. The molecule has 0 saturated heterocycles. The SMILES string of the molecule is CCCOB(O)ON. The molecule has 0 amide bonds. The van der Waals surface area contributed by atoms with Crippen molar-refractivity contribution in [1.29, 1.82) is 0 Å². The highest BCUT2D eigenvalue weighted by Gasteiger charge is 2.11. The highest BCUT2D eigenvalue weighted by molar-refractivity contribution is 6.34. The van der Waals surface area contributed by atoms with Gasteiger partial charge in [-0.1, -0.05) is 6.92 Å². The molecule has 0 aliphatic carbocycles. The van der Waals surface area contributed by atoms with Crippen LogP contribution in [0.5, 0.6) is 0 Å². The molecule has 0 aliphatic heterocycles. The lowest BCUT2D eigenvalue weighted by molar-refractivity contribution is 0.134. The number of rotatable bonds is 4. The Balaban J connectivity index is 2.86. The summed E-state index contributed by atoms with van der Waals surface area (Å²) < 4.78 is 8.43. The molecule has 0 radical (unpaired) electrons. The van der Waals surface area contributed by atoms with Crippen molar-refractivity contribution in [3.05, 3.63) is 0 Å². The van der Waals surface area contributed by atoms with Gasteiger partial charge in [0, 0.05) is 6.61 Å². The summed E-state index contributed by atoms with van der Waals surface area (Å²) in [7, 11) is -1.27. The molecule has 4 nitrogen and oxygen atoms in total. The van der Waals surface area contributed by atoms with Crippen molar-refractivity contribution in [2.45, 2.75) is 13.3 Å². The third kappa shape index (κ3) is 4.07. The van der Waals surface area contributed by atoms with Gasteiger partial charge >= 0.3 is 7.32 Å². The molecule has 3 N–H and O–H groups in total. The van der Waals surface area contributed by atoms with E-state index >= 15 is 0 Å². The molecule has 0 unspecified atom stereocenters. The first-order chi connectivity index (χ1) is 3.81. The van der Waals surface area contributed by atoms with Crippen molar-refractivity contribution in [3.8, 4) is 0 Å². The van der Waals surface area contributed by atoms with E-state index in [1.807, 2.05) is 6.92 Å². The second-order valence-electron chi connectivity index (χ2n) is 1.31. The average Bonchev–Trinajstić information content (AvgIpc) is 1.83. The van der Waals surface area contributed by atoms with E-state index in [1.165, 1.54) is 0 Å². The summed E-state index contributed by atoms with van der Waals surface area (Å²) in [6.45, 7) is 2.38. The van der Waals surface area contributed by atoms with E-state index in [4.69, 9.17) is 5.02 Å². The van der Waals surface area contributed by atoms with Gasteiger partial charge in [0.15, 0.2) is 0 Å². The van der Waals surface area contributed by atoms with E-state index in [9.17, 15) is 0 Å². The summed E-state index contributed by atoms with van der Waals surface area (Å²) in [6.07, 6.45) is 0.834. The lowest BCUT2D eigenvalue weighted by Crippen LogP contribution is -2.26. The van der Waals surface area contributed by atoms with E-state index in [1.54, 1.807) is 0 Å². The lowest BCUT2D eigenvalue weighted by atomic mass is 10.2. The largest absolute Gasteiger partial charge is 0.654 e. The van der Waals surface area contributed by atoms with E-state index in [2.05, 4.69) is 15.3 Å². The second kappa shape index (κ2) is 5.05. The summed E-state index contributed by atoms with van der Waals surface area (Å²) >= 11 is 0. The number of nitrogens with two attached hydrogens (primary N) is 1. The van der Waals surface area contributed by atoms with Crippen LogP contribution in [0.15, 0.2) is 0 Å². The van der Waals surface area contributed by atoms with Crippen LogP contribution in [-0.4, -0.2) is 19.0 Å². The molecule has 0 aromatic carbocycles. The minimum atomic E-state index is -1.27. The van der Waals surface area contributed by atoms with Crippen LogP contribution < -0.4 is 5.90 Å². The summed E-state index contributed by atoms with van der Waals surface area (Å²) in [6, 6.07) is 0. The fraction of sp³-hybridized carbons (Fsp3) is 1.00. The maximum atomic E-state index is 8.42. The second-order valence-corrected chi connectivity index (χ2v) is 1.31. The molecule has 48 valence electrons. The first-order valence-electron chi connectivity index (χ1n) is 2.46.